The third-order valence-corrected chi connectivity index (χ3v) is 4.68. The number of nitrogens with one attached hydrogen (secondary N) is 3. The fourth-order valence-electron chi connectivity index (χ4n) is 2.90. The Morgan fingerprint density at radius 2 is 1.77 bits per heavy atom. The Balaban J connectivity index is 2.06. The standard InChI is InChI=1S/C25H35N3O7/c1-5-13-33-16-20(23(31)34-15-17-9-7-6-8-10-17)27-22(30)19(14-21(29)26-18-11-12-18)28-24(32)35-25(2,3)4/h5-10,18-20H,1,11-16H2,2-4H3,(H,26,29)(H,27,30)(H,28,32)/t19-,20-/m0/s1. The first-order chi connectivity index (χ1) is 16.6. The van der Waals surface area contributed by atoms with Crippen LogP contribution in [0.1, 0.15) is 45.6 Å². The Kier molecular flexibility index (Phi) is 10.7. The smallest absolute Gasteiger partial charge is 0.408 e. The molecule has 3 N–H and O–H groups in total. The first-order valence-electron chi connectivity index (χ1n) is 11.6. The summed E-state index contributed by atoms with van der Waals surface area (Å²) in [5.41, 5.74) is -0.0249. The van der Waals surface area contributed by atoms with Crippen LogP contribution >= 0.6 is 0 Å². The van der Waals surface area contributed by atoms with Crippen molar-refractivity contribution in [3.8, 4) is 0 Å². The highest BCUT2D eigenvalue weighted by Crippen LogP contribution is 2.19. The molecule has 1 fully saturated rings. The van der Waals surface area contributed by atoms with Crippen LogP contribution in [0.5, 0.6) is 0 Å². The predicted octanol–water partition coefficient (Wildman–Crippen LogP) is 1.98. The monoisotopic (exact) mass is 489 g/mol. The summed E-state index contributed by atoms with van der Waals surface area (Å²) in [6.45, 7) is 8.57. The number of rotatable bonds is 13. The molecule has 0 aromatic heterocycles. The molecule has 0 saturated heterocycles. The number of benzene rings is 1. The molecule has 3 amide bonds. The van der Waals surface area contributed by atoms with E-state index in [0.717, 1.165) is 18.4 Å². The summed E-state index contributed by atoms with van der Waals surface area (Å²) in [6, 6.07) is 6.72. The highest BCUT2D eigenvalue weighted by atomic mass is 16.6. The minimum Gasteiger partial charge on any atom is -0.459 e. The van der Waals surface area contributed by atoms with E-state index in [1.54, 1.807) is 32.9 Å². The molecule has 1 saturated carbocycles. The van der Waals surface area contributed by atoms with Gasteiger partial charge in [-0.15, -0.1) is 6.58 Å². The molecule has 1 aliphatic carbocycles. The maximum atomic E-state index is 13.1. The van der Waals surface area contributed by atoms with E-state index in [1.807, 2.05) is 18.2 Å². The molecule has 1 aromatic rings. The van der Waals surface area contributed by atoms with Crippen molar-refractivity contribution < 1.29 is 33.4 Å². The third kappa shape index (κ3) is 11.5. The van der Waals surface area contributed by atoms with Gasteiger partial charge in [0.05, 0.1) is 19.6 Å². The van der Waals surface area contributed by atoms with Gasteiger partial charge in [-0.1, -0.05) is 36.4 Å². The number of esters is 1. The van der Waals surface area contributed by atoms with Crippen LogP contribution in [0.4, 0.5) is 4.79 Å². The Morgan fingerprint density at radius 1 is 1.09 bits per heavy atom. The Hall–Kier alpha value is -3.40. The van der Waals surface area contributed by atoms with Crippen LogP contribution in [-0.2, 0) is 35.2 Å². The van der Waals surface area contributed by atoms with Gasteiger partial charge in [-0.05, 0) is 39.2 Å². The van der Waals surface area contributed by atoms with Gasteiger partial charge < -0.3 is 30.2 Å². The fourth-order valence-corrected chi connectivity index (χ4v) is 2.90. The summed E-state index contributed by atoms with van der Waals surface area (Å²) < 4.78 is 15.9. The number of hydrogen-bond acceptors (Lipinski definition) is 7. The maximum Gasteiger partial charge on any atom is 0.408 e. The van der Waals surface area contributed by atoms with E-state index >= 15 is 0 Å². The second kappa shape index (κ2) is 13.5. The molecule has 2 rings (SSSR count). The summed E-state index contributed by atoms with van der Waals surface area (Å²) in [4.78, 5) is 50.4. The lowest BCUT2D eigenvalue weighted by atomic mass is 10.1. The zero-order chi connectivity index (χ0) is 25.8. The van der Waals surface area contributed by atoms with Gasteiger partial charge in [0.15, 0.2) is 6.04 Å². The molecule has 1 aromatic carbocycles. The minimum absolute atomic E-state index is 0.0108. The van der Waals surface area contributed by atoms with E-state index in [9.17, 15) is 19.2 Å². The third-order valence-electron chi connectivity index (χ3n) is 4.68. The van der Waals surface area contributed by atoms with Crippen LogP contribution < -0.4 is 16.0 Å². The van der Waals surface area contributed by atoms with Crippen molar-refractivity contribution in [1.29, 1.82) is 0 Å². The molecule has 0 aliphatic heterocycles. The van der Waals surface area contributed by atoms with Crippen molar-refractivity contribution in [3.63, 3.8) is 0 Å². The zero-order valence-corrected chi connectivity index (χ0v) is 20.5. The highest BCUT2D eigenvalue weighted by Gasteiger charge is 2.32. The normalized spacial score (nSPS) is 14.7. The topological polar surface area (TPSA) is 132 Å². The Bertz CT molecular complexity index is 879. The summed E-state index contributed by atoms with van der Waals surface area (Å²) in [5.74, 6) is -1.86. The maximum absolute atomic E-state index is 13.1. The average Bonchev–Trinajstić information content (AvgIpc) is 3.59. The van der Waals surface area contributed by atoms with E-state index in [2.05, 4.69) is 22.5 Å². The van der Waals surface area contributed by atoms with Crippen molar-refractivity contribution in [1.82, 2.24) is 16.0 Å². The summed E-state index contributed by atoms with van der Waals surface area (Å²) in [7, 11) is 0. The Morgan fingerprint density at radius 3 is 2.37 bits per heavy atom. The second-order valence-electron chi connectivity index (χ2n) is 9.23. The lowest BCUT2D eigenvalue weighted by molar-refractivity contribution is -0.151. The SMILES string of the molecule is C=CCOC[C@H](NC(=O)[C@H](CC(=O)NC1CC1)NC(=O)OC(C)(C)C)C(=O)OCc1ccccc1. The molecular weight excluding hydrogens is 454 g/mol. The predicted molar refractivity (Wildman–Crippen MR) is 128 cm³/mol. The molecule has 0 unspecified atom stereocenters. The van der Waals surface area contributed by atoms with Crippen LogP contribution in [0.2, 0.25) is 0 Å². The van der Waals surface area contributed by atoms with Crippen molar-refractivity contribution >= 4 is 23.9 Å². The van der Waals surface area contributed by atoms with Gasteiger partial charge in [0.2, 0.25) is 11.8 Å². The molecule has 0 bridgehead atoms. The molecule has 0 heterocycles. The molecule has 1 aliphatic rings. The summed E-state index contributed by atoms with van der Waals surface area (Å²) in [5, 5.41) is 7.73. The molecular formula is C25H35N3O7. The number of alkyl carbamates (subject to hydrolysis) is 1. The van der Waals surface area contributed by atoms with Crippen molar-refractivity contribution in [2.24, 2.45) is 0 Å². The largest absolute Gasteiger partial charge is 0.459 e. The molecule has 10 heteroatoms. The van der Waals surface area contributed by atoms with Crippen LogP contribution in [0.3, 0.4) is 0 Å². The first kappa shape index (κ1) is 27.8. The van der Waals surface area contributed by atoms with Gasteiger partial charge in [0.25, 0.3) is 0 Å². The van der Waals surface area contributed by atoms with Gasteiger partial charge in [0.1, 0.15) is 18.2 Å². The fraction of sp³-hybridized carbons (Fsp3) is 0.520. The van der Waals surface area contributed by atoms with Crippen LogP contribution in [0, 0.1) is 0 Å². The molecule has 0 radical (unpaired) electrons. The van der Waals surface area contributed by atoms with E-state index in [-0.39, 0.29) is 32.3 Å². The zero-order valence-electron chi connectivity index (χ0n) is 20.5. The van der Waals surface area contributed by atoms with Crippen molar-refractivity contribution in [3.05, 3.63) is 48.6 Å². The molecule has 35 heavy (non-hydrogen) atoms. The van der Waals surface area contributed by atoms with Gasteiger partial charge in [-0.2, -0.15) is 0 Å². The van der Waals surface area contributed by atoms with Crippen LogP contribution in [-0.4, -0.2) is 60.8 Å². The van der Waals surface area contributed by atoms with Gasteiger partial charge in [0, 0.05) is 6.04 Å². The van der Waals surface area contributed by atoms with Gasteiger partial charge >= 0.3 is 12.1 Å². The van der Waals surface area contributed by atoms with E-state index in [1.165, 1.54) is 6.08 Å². The number of carbonyl (C=O) groups is 4. The van der Waals surface area contributed by atoms with Crippen molar-refractivity contribution in [2.45, 2.75) is 70.4 Å². The van der Waals surface area contributed by atoms with Gasteiger partial charge in [-0.25, -0.2) is 9.59 Å². The van der Waals surface area contributed by atoms with E-state index in [0.29, 0.717) is 0 Å². The van der Waals surface area contributed by atoms with E-state index < -0.39 is 41.6 Å². The van der Waals surface area contributed by atoms with Crippen LogP contribution in [0.15, 0.2) is 43.0 Å². The lowest BCUT2D eigenvalue weighted by Crippen LogP contribution is -2.55. The number of carbonyl (C=O) groups excluding carboxylic acids is 4. The van der Waals surface area contributed by atoms with E-state index in [4.69, 9.17) is 14.2 Å². The summed E-state index contributed by atoms with van der Waals surface area (Å²) in [6.07, 6.45) is 2.07. The molecule has 0 spiro atoms. The lowest BCUT2D eigenvalue weighted by Gasteiger charge is -2.25. The Labute approximate surface area is 205 Å². The van der Waals surface area contributed by atoms with Gasteiger partial charge in [-0.3, -0.25) is 9.59 Å². The first-order valence-corrected chi connectivity index (χ1v) is 11.6. The van der Waals surface area contributed by atoms with Crippen LogP contribution in [0.25, 0.3) is 0 Å². The van der Waals surface area contributed by atoms with Crippen molar-refractivity contribution in [2.75, 3.05) is 13.2 Å². The molecule has 2 atom stereocenters. The number of amides is 3. The second-order valence-corrected chi connectivity index (χ2v) is 9.23. The minimum atomic E-state index is -1.27. The quantitative estimate of drug-likeness (QED) is 0.219. The average molecular weight is 490 g/mol. The number of hydrogen-bond donors (Lipinski definition) is 3. The molecule has 192 valence electrons. The number of ether oxygens (including phenoxy) is 3. The summed E-state index contributed by atoms with van der Waals surface area (Å²) >= 11 is 0. The highest BCUT2D eigenvalue weighted by molar-refractivity contribution is 5.93. The molecule has 10 nitrogen and oxygen atoms in total.